The summed E-state index contributed by atoms with van der Waals surface area (Å²) in [6, 6.07) is 8.60. The van der Waals surface area contributed by atoms with E-state index in [0.29, 0.717) is 5.69 Å². The van der Waals surface area contributed by atoms with Gasteiger partial charge in [-0.3, -0.25) is 9.69 Å². The number of hydrogen-bond donors (Lipinski definition) is 1. The third-order valence-electron chi connectivity index (χ3n) is 3.69. The SMILES string of the molecule is CC(C)C(=O)N(C)C(=O)Nc1cccc(Oc2ccc(Cl)c(C(F)(F)F)c2)c1. The Balaban J connectivity index is 2.16. The molecule has 2 aromatic carbocycles. The Bertz CT molecular complexity index is 885. The molecule has 0 saturated carbocycles. The first-order chi connectivity index (χ1) is 13.0. The van der Waals surface area contributed by atoms with Gasteiger partial charge >= 0.3 is 12.2 Å². The van der Waals surface area contributed by atoms with Crippen LogP contribution in [-0.2, 0) is 11.0 Å². The molecule has 9 heteroatoms. The van der Waals surface area contributed by atoms with E-state index in [1.807, 2.05) is 0 Å². The van der Waals surface area contributed by atoms with Gasteiger partial charge in [-0.2, -0.15) is 13.2 Å². The number of nitrogens with one attached hydrogen (secondary N) is 1. The maximum Gasteiger partial charge on any atom is 0.417 e. The Morgan fingerprint density at radius 3 is 2.36 bits per heavy atom. The number of urea groups is 1. The molecule has 0 fully saturated rings. The van der Waals surface area contributed by atoms with Gasteiger partial charge in [-0.25, -0.2) is 4.79 Å². The minimum absolute atomic E-state index is 0.0627. The fourth-order valence-corrected chi connectivity index (χ4v) is 2.48. The van der Waals surface area contributed by atoms with Crippen molar-refractivity contribution < 1.29 is 27.5 Å². The fourth-order valence-electron chi connectivity index (χ4n) is 2.25. The van der Waals surface area contributed by atoms with Gasteiger partial charge in [0.1, 0.15) is 11.5 Å². The van der Waals surface area contributed by atoms with Gasteiger partial charge in [0.05, 0.1) is 10.6 Å². The minimum Gasteiger partial charge on any atom is -0.457 e. The Morgan fingerprint density at radius 1 is 1.11 bits per heavy atom. The van der Waals surface area contributed by atoms with Crippen LogP contribution in [0.2, 0.25) is 5.02 Å². The monoisotopic (exact) mass is 414 g/mol. The number of carbonyl (C=O) groups excluding carboxylic acids is 2. The van der Waals surface area contributed by atoms with E-state index in [-0.39, 0.29) is 23.3 Å². The number of anilines is 1. The minimum atomic E-state index is -4.61. The van der Waals surface area contributed by atoms with Crippen LogP contribution in [0.5, 0.6) is 11.5 Å². The molecule has 0 saturated heterocycles. The van der Waals surface area contributed by atoms with Crippen LogP contribution in [0.4, 0.5) is 23.7 Å². The van der Waals surface area contributed by atoms with E-state index in [2.05, 4.69) is 5.32 Å². The first-order valence-corrected chi connectivity index (χ1v) is 8.60. The van der Waals surface area contributed by atoms with Crippen molar-refractivity contribution in [2.75, 3.05) is 12.4 Å². The molecule has 0 spiro atoms. The van der Waals surface area contributed by atoms with Gasteiger partial charge in [-0.15, -0.1) is 0 Å². The van der Waals surface area contributed by atoms with Crippen LogP contribution in [0, 0.1) is 5.92 Å². The average Bonchev–Trinajstić information content (AvgIpc) is 2.61. The molecule has 0 aliphatic rings. The smallest absolute Gasteiger partial charge is 0.417 e. The van der Waals surface area contributed by atoms with Gasteiger partial charge in [0.25, 0.3) is 0 Å². The second kappa shape index (κ2) is 8.52. The molecule has 2 rings (SSSR count). The molecule has 0 radical (unpaired) electrons. The highest BCUT2D eigenvalue weighted by Gasteiger charge is 2.33. The van der Waals surface area contributed by atoms with Crippen molar-refractivity contribution in [3.8, 4) is 11.5 Å². The van der Waals surface area contributed by atoms with Gasteiger partial charge in [0.2, 0.25) is 5.91 Å². The molecule has 0 heterocycles. The Hall–Kier alpha value is -2.74. The van der Waals surface area contributed by atoms with Crippen LogP contribution in [0.1, 0.15) is 19.4 Å². The van der Waals surface area contributed by atoms with Crippen molar-refractivity contribution in [1.82, 2.24) is 4.90 Å². The molecular formula is C19H18ClF3N2O3. The van der Waals surface area contributed by atoms with Crippen molar-refractivity contribution >= 4 is 29.2 Å². The number of hydrogen-bond acceptors (Lipinski definition) is 3. The lowest BCUT2D eigenvalue weighted by atomic mass is 10.2. The Morgan fingerprint density at radius 2 is 1.75 bits per heavy atom. The third kappa shape index (κ3) is 5.39. The van der Waals surface area contributed by atoms with Crippen LogP contribution in [0.15, 0.2) is 42.5 Å². The quantitative estimate of drug-likeness (QED) is 0.688. The lowest BCUT2D eigenvalue weighted by Crippen LogP contribution is -2.38. The fraction of sp³-hybridized carbons (Fsp3) is 0.263. The van der Waals surface area contributed by atoms with Crippen molar-refractivity contribution in [2.45, 2.75) is 20.0 Å². The molecule has 3 amide bonds. The van der Waals surface area contributed by atoms with E-state index >= 15 is 0 Å². The van der Waals surface area contributed by atoms with Gasteiger partial charge < -0.3 is 10.1 Å². The highest BCUT2D eigenvalue weighted by molar-refractivity contribution is 6.31. The lowest BCUT2D eigenvalue weighted by molar-refractivity contribution is -0.137. The van der Waals surface area contributed by atoms with E-state index in [9.17, 15) is 22.8 Å². The second-order valence-corrected chi connectivity index (χ2v) is 6.66. The van der Waals surface area contributed by atoms with Crippen LogP contribution < -0.4 is 10.1 Å². The molecular weight excluding hydrogens is 397 g/mol. The van der Waals surface area contributed by atoms with E-state index in [4.69, 9.17) is 16.3 Å². The molecule has 0 atom stereocenters. The number of imide groups is 1. The largest absolute Gasteiger partial charge is 0.457 e. The Kier molecular flexibility index (Phi) is 6.56. The highest BCUT2D eigenvalue weighted by atomic mass is 35.5. The normalized spacial score (nSPS) is 11.3. The summed E-state index contributed by atoms with van der Waals surface area (Å²) in [5.74, 6) is -0.567. The maximum absolute atomic E-state index is 13.0. The summed E-state index contributed by atoms with van der Waals surface area (Å²) in [6.07, 6.45) is -4.61. The molecule has 0 unspecified atom stereocenters. The third-order valence-corrected chi connectivity index (χ3v) is 4.02. The number of alkyl halides is 3. The summed E-state index contributed by atoms with van der Waals surface area (Å²) in [5, 5.41) is 2.10. The predicted octanol–water partition coefficient (Wildman–Crippen LogP) is 5.80. The maximum atomic E-state index is 13.0. The number of ether oxygens (including phenoxy) is 1. The first kappa shape index (κ1) is 21.6. The van der Waals surface area contributed by atoms with Gasteiger partial charge in [0.15, 0.2) is 0 Å². The molecule has 28 heavy (non-hydrogen) atoms. The average molecular weight is 415 g/mol. The predicted molar refractivity (Wildman–Crippen MR) is 99.6 cm³/mol. The number of benzene rings is 2. The summed E-state index contributed by atoms with van der Waals surface area (Å²) >= 11 is 5.59. The number of carbonyl (C=O) groups is 2. The molecule has 0 aromatic heterocycles. The van der Waals surface area contributed by atoms with Crippen molar-refractivity contribution in [3.05, 3.63) is 53.1 Å². The molecule has 0 aliphatic carbocycles. The zero-order valence-corrected chi connectivity index (χ0v) is 16.1. The van der Waals surface area contributed by atoms with Crippen molar-refractivity contribution in [3.63, 3.8) is 0 Å². The van der Waals surface area contributed by atoms with Crippen LogP contribution in [0.3, 0.4) is 0 Å². The highest BCUT2D eigenvalue weighted by Crippen LogP contribution is 2.37. The summed E-state index contributed by atoms with van der Waals surface area (Å²) in [5.41, 5.74) is -0.694. The van der Waals surface area contributed by atoms with E-state index in [0.717, 1.165) is 17.0 Å². The van der Waals surface area contributed by atoms with Crippen molar-refractivity contribution in [1.29, 1.82) is 0 Å². The topological polar surface area (TPSA) is 58.6 Å². The standard InChI is InChI=1S/C19H18ClF3N2O3/c1-11(2)17(26)25(3)18(27)24-12-5-4-6-13(9-12)28-14-7-8-16(20)15(10-14)19(21,22)23/h4-11H,1-3H3,(H,24,27). The number of halogens is 4. The summed E-state index contributed by atoms with van der Waals surface area (Å²) in [4.78, 5) is 24.9. The molecule has 0 bridgehead atoms. The van der Waals surface area contributed by atoms with Gasteiger partial charge in [-0.05, 0) is 30.3 Å². The van der Waals surface area contributed by atoms with Crippen molar-refractivity contribution in [2.24, 2.45) is 5.92 Å². The zero-order chi connectivity index (χ0) is 21.1. The molecule has 5 nitrogen and oxygen atoms in total. The first-order valence-electron chi connectivity index (χ1n) is 8.22. The number of amides is 3. The zero-order valence-electron chi connectivity index (χ0n) is 15.3. The van der Waals surface area contributed by atoms with E-state index in [1.54, 1.807) is 26.0 Å². The van der Waals surface area contributed by atoms with Crippen LogP contribution >= 0.6 is 11.6 Å². The van der Waals surface area contributed by atoms with E-state index < -0.39 is 22.8 Å². The van der Waals surface area contributed by atoms with Crippen LogP contribution in [-0.4, -0.2) is 23.9 Å². The number of nitrogens with zero attached hydrogens (tertiary/aromatic N) is 1. The Labute approximate surface area is 165 Å². The molecule has 0 aliphatic heterocycles. The van der Waals surface area contributed by atoms with E-state index in [1.165, 1.54) is 25.2 Å². The van der Waals surface area contributed by atoms with Crippen LogP contribution in [0.25, 0.3) is 0 Å². The summed E-state index contributed by atoms with van der Waals surface area (Å²) < 4.78 is 44.3. The molecule has 150 valence electrons. The van der Waals surface area contributed by atoms with Gasteiger partial charge in [0, 0.05) is 24.7 Å². The number of rotatable bonds is 4. The lowest BCUT2D eigenvalue weighted by Gasteiger charge is -2.18. The second-order valence-electron chi connectivity index (χ2n) is 6.25. The molecule has 1 N–H and O–H groups in total. The van der Waals surface area contributed by atoms with Gasteiger partial charge in [-0.1, -0.05) is 31.5 Å². The summed E-state index contributed by atoms with van der Waals surface area (Å²) in [6.45, 7) is 3.34. The summed E-state index contributed by atoms with van der Waals surface area (Å²) in [7, 11) is 1.35. The molecule has 2 aromatic rings.